The zero-order valence-corrected chi connectivity index (χ0v) is 12.3. The van der Waals surface area contributed by atoms with Gasteiger partial charge in [0.05, 0.1) is 10.7 Å². The van der Waals surface area contributed by atoms with Crippen molar-refractivity contribution < 1.29 is 4.39 Å². The van der Waals surface area contributed by atoms with Gasteiger partial charge in [-0.1, -0.05) is 18.5 Å². The van der Waals surface area contributed by atoms with E-state index >= 15 is 0 Å². The Hall–Kier alpha value is -1.52. The van der Waals surface area contributed by atoms with Gasteiger partial charge in [0.15, 0.2) is 5.82 Å². The molecule has 5 heteroatoms. The van der Waals surface area contributed by atoms with Crippen LogP contribution in [-0.2, 0) is 6.54 Å². The van der Waals surface area contributed by atoms with Gasteiger partial charge in [0.2, 0.25) is 0 Å². The zero-order valence-electron chi connectivity index (χ0n) is 11.6. The molecule has 0 atom stereocenters. The third-order valence-corrected chi connectivity index (χ3v) is 3.12. The molecular weight excluding hydrogens is 277 g/mol. The Morgan fingerprint density at radius 3 is 2.75 bits per heavy atom. The third kappa shape index (κ3) is 3.74. The number of halogens is 2. The van der Waals surface area contributed by atoms with Crippen molar-refractivity contribution in [3.05, 3.63) is 46.5 Å². The summed E-state index contributed by atoms with van der Waals surface area (Å²) in [7, 11) is 0. The van der Waals surface area contributed by atoms with E-state index in [9.17, 15) is 4.39 Å². The summed E-state index contributed by atoms with van der Waals surface area (Å²) in [6.07, 6.45) is 1.07. The number of hydrogen-bond acceptors (Lipinski definition) is 3. The van der Waals surface area contributed by atoms with Gasteiger partial charge in [0.1, 0.15) is 5.82 Å². The van der Waals surface area contributed by atoms with E-state index < -0.39 is 0 Å². The Morgan fingerprint density at radius 1 is 1.25 bits per heavy atom. The lowest BCUT2D eigenvalue weighted by molar-refractivity contribution is 0.628. The van der Waals surface area contributed by atoms with Gasteiger partial charge in [-0.3, -0.25) is 0 Å². The highest BCUT2D eigenvalue weighted by atomic mass is 35.5. The number of rotatable bonds is 5. The fourth-order valence-corrected chi connectivity index (χ4v) is 2.16. The minimum Gasteiger partial charge on any atom is -0.311 e. The highest BCUT2D eigenvalue weighted by molar-refractivity contribution is 6.33. The molecule has 2 aromatic rings. The Kier molecular flexibility index (Phi) is 5.04. The van der Waals surface area contributed by atoms with Gasteiger partial charge in [-0.2, -0.15) is 0 Å². The molecule has 1 heterocycles. The molecule has 0 radical (unpaired) electrons. The van der Waals surface area contributed by atoms with Crippen LogP contribution >= 0.6 is 11.6 Å². The summed E-state index contributed by atoms with van der Waals surface area (Å²) in [5, 5.41) is 3.62. The van der Waals surface area contributed by atoms with Crippen molar-refractivity contribution in [1.29, 1.82) is 0 Å². The van der Waals surface area contributed by atoms with Gasteiger partial charge in [-0.05, 0) is 44.2 Å². The normalized spacial score (nSPS) is 10.8. The van der Waals surface area contributed by atoms with Crippen LogP contribution in [0.5, 0.6) is 0 Å². The summed E-state index contributed by atoms with van der Waals surface area (Å²) in [4.78, 5) is 8.86. The molecule has 0 saturated carbocycles. The van der Waals surface area contributed by atoms with Gasteiger partial charge < -0.3 is 5.32 Å². The fourth-order valence-electron chi connectivity index (χ4n) is 1.91. The molecule has 0 saturated heterocycles. The maximum absolute atomic E-state index is 13.1. The van der Waals surface area contributed by atoms with Crippen molar-refractivity contribution in [2.45, 2.75) is 26.8 Å². The van der Waals surface area contributed by atoms with Crippen molar-refractivity contribution in [3.8, 4) is 11.4 Å². The Bertz CT molecular complexity index is 602. The average molecular weight is 294 g/mol. The second-order valence-corrected chi connectivity index (χ2v) is 5.03. The van der Waals surface area contributed by atoms with Crippen LogP contribution in [0.2, 0.25) is 5.02 Å². The molecule has 0 aliphatic carbocycles. The van der Waals surface area contributed by atoms with E-state index in [4.69, 9.17) is 11.6 Å². The van der Waals surface area contributed by atoms with Crippen LogP contribution in [0.15, 0.2) is 24.3 Å². The molecule has 1 N–H and O–H groups in total. The highest BCUT2D eigenvalue weighted by Crippen LogP contribution is 2.26. The monoisotopic (exact) mass is 293 g/mol. The van der Waals surface area contributed by atoms with Crippen LogP contribution in [0, 0.1) is 12.7 Å². The Morgan fingerprint density at radius 2 is 2.05 bits per heavy atom. The van der Waals surface area contributed by atoms with Crippen molar-refractivity contribution in [2.75, 3.05) is 6.54 Å². The van der Waals surface area contributed by atoms with E-state index in [2.05, 4.69) is 22.2 Å². The summed E-state index contributed by atoms with van der Waals surface area (Å²) in [5.41, 5.74) is 2.42. The predicted molar refractivity (Wildman–Crippen MR) is 79.2 cm³/mol. The predicted octanol–water partition coefficient (Wildman–Crippen LogP) is 3.74. The number of benzene rings is 1. The van der Waals surface area contributed by atoms with Crippen LogP contribution in [0.25, 0.3) is 11.4 Å². The van der Waals surface area contributed by atoms with Crippen molar-refractivity contribution in [3.63, 3.8) is 0 Å². The molecular formula is C15H17ClFN3. The number of aromatic nitrogens is 2. The maximum Gasteiger partial charge on any atom is 0.161 e. The molecule has 1 aromatic heterocycles. The number of nitrogens with one attached hydrogen (secondary N) is 1. The molecule has 0 bridgehead atoms. The number of nitrogens with zero attached hydrogens (tertiary/aromatic N) is 2. The van der Waals surface area contributed by atoms with Gasteiger partial charge in [0.25, 0.3) is 0 Å². The summed E-state index contributed by atoms with van der Waals surface area (Å²) in [6.45, 7) is 5.65. The smallest absolute Gasteiger partial charge is 0.161 e. The van der Waals surface area contributed by atoms with Crippen molar-refractivity contribution in [2.24, 2.45) is 0 Å². The molecule has 0 spiro atoms. The van der Waals surface area contributed by atoms with Crippen molar-refractivity contribution >= 4 is 11.6 Å². The molecule has 0 aliphatic rings. The molecule has 3 nitrogen and oxygen atoms in total. The van der Waals surface area contributed by atoms with E-state index in [1.807, 2.05) is 13.0 Å². The van der Waals surface area contributed by atoms with Gasteiger partial charge in [0, 0.05) is 17.8 Å². The molecule has 0 fully saturated rings. The second-order valence-electron chi connectivity index (χ2n) is 4.63. The molecule has 2 rings (SSSR count). The van der Waals surface area contributed by atoms with Gasteiger partial charge >= 0.3 is 0 Å². The minimum atomic E-state index is -0.365. The van der Waals surface area contributed by atoms with Crippen LogP contribution in [0.1, 0.15) is 24.7 Å². The first-order valence-corrected chi connectivity index (χ1v) is 6.98. The lowest BCUT2D eigenvalue weighted by Gasteiger charge is -2.08. The summed E-state index contributed by atoms with van der Waals surface area (Å²) >= 11 is 6.06. The average Bonchev–Trinajstić information content (AvgIpc) is 2.38. The van der Waals surface area contributed by atoms with Gasteiger partial charge in [-0.15, -0.1) is 0 Å². The van der Waals surface area contributed by atoms with E-state index in [-0.39, 0.29) is 5.82 Å². The molecule has 1 aromatic carbocycles. The Labute approximate surface area is 123 Å². The fraction of sp³-hybridized carbons (Fsp3) is 0.333. The first-order valence-electron chi connectivity index (χ1n) is 6.61. The molecule has 0 amide bonds. The van der Waals surface area contributed by atoms with E-state index in [1.54, 1.807) is 6.07 Å². The maximum atomic E-state index is 13.1. The molecule has 0 aliphatic heterocycles. The van der Waals surface area contributed by atoms with Crippen LogP contribution in [0.4, 0.5) is 4.39 Å². The van der Waals surface area contributed by atoms with Gasteiger partial charge in [-0.25, -0.2) is 14.4 Å². The first kappa shape index (κ1) is 14.9. The van der Waals surface area contributed by atoms with Crippen LogP contribution in [-0.4, -0.2) is 16.5 Å². The molecule has 0 unspecified atom stereocenters. The summed E-state index contributed by atoms with van der Waals surface area (Å²) < 4.78 is 13.1. The van der Waals surface area contributed by atoms with Crippen LogP contribution in [0.3, 0.4) is 0 Å². The van der Waals surface area contributed by atoms with E-state index in [1.165, 1.54) is 12.1 Å². The van der Waals surface area contributed by atoms with Crippen molar-refractivity contribution in [1.82, 2.24) is 15.3 Å². The zero-order chi connectivity index (χ0) is 14.5. The number of hydrogen-bond donors (Lipinski definition) is 1. The van der Waals surface area contributed by atoms with E-state index in [0.717, 1.165) is 24.4 Å². The molecule has 106 valence electrons. The third-order valence-electron chi connectivity index (χ3n) is 2.81. The SMILES string of the molecule is CCCNCc1cc(C)nc(-c2ccc(F)cc2Cl)n1. The largest absolute Gasteiger partial charge is 0.311 e. The number of aryl methyl sites for hydroxylation is 1. The first-order chi connectivity index (χ1) is 9.60. The molecule has 20 heavy (non-hydrogen) atoms. The quantitative estimate of drug-likeness (QED) is 0.853. The highest BCUT2D eigenvalue weighted by Gasteiger charge is 2.09. The lowest BCUT2D eigenvalue weighted by atomic mass is 10.2. The Balaban J connectivity index is 2.31. The standard InChI is InChI=1S/C15H17ClFN3/c1-3-6-18-9-12-7-10(2)19-15(20-12)13-5-4-11(17)8-14(13)16/h4-5,7-8,18H,3,6,9H2,1-2H3. The van der Waals surface area contributed by atoms with Crippen LogP contribution < -0.4 is 5.32 Å². The summed E-state index contributed by atoms with van der Waals surface area (Å²) in [5.74, 6) is 0.166. The van der Waals surface area contributed by atoms with E-state index in [0.29, 0.717) is 23.0 Å². The second kappa shape index (κ2) is 6.77. The summed E-state index contributed by atoms with van der Waals surface area (Å²) in [6, 6.07) is 6.18. The minimum absolute atomic E-state index is 0.322. The lowest BCUT2D eigenvalue weighted by Crippen LogP contribution is -2.15. The topological polar surface area (TPSA) is 37.8 Å².